The summed E-state index contributed by atoms with van der Waals surface area (Å²) in [5, 5.41) is 3.17. The zero-order chi connectivity index (χ0) is 14.6. The predicted octanol–water partition coefficient (Wildman–Crippen LogP) is 2.80. The van der Waals surface area contributed by atoms with Crippen LogP contribution in [-0.4, -0.2) is 30.9 Å². The van der Waals surface area contributed by atoms with Gasteiger partial charge in [0, 0.05) is 22.9 Å². The van der Waals surface area contributed by atoms with Crippen LogP contribution >= 0.6 is 11.8 Å². The minimum absolute atomic E-state index is 0.0978. The van der Waals surface area contributed by atoms with E-state index in [1.165, 1.54) is 7.11 Å². The Balaban J connectivity index is 1.86. The number of pyridine rings is 1. The smallest absolute Gasteiger partial charge is 0.306 e. The molecular formula is C15H22N2O2S. The zero-order valence-corrected chi connectivity index (χ0v) is 13.1. The van der Waals surface area contributed by atoms with Crippen LogP contribution in [-0.2, 0) is 9.53 Å². The standard InChI is InChI=1S/C15H22N2O2S/c1-11(16-2)13-5-4-12(9-17-13)20-10-15(6-7-15)8-14(18)19-3/h4-5,9,11,16H,6-8,10H2,1-3H3. The summed E-state index contributed by atoms with van der Waals surface area (Å²) in [6, 6.07) is 4.43. The van der Waals surface area contributed by atoms with Crippen molar-refractivity contribution in [1.82, 2.24) is 10.3 Å². The molecule has 110 valence electrons. The van der Waals surface area contributed by atoms with Crippen LogP contribution in [0, 0.1) is 5.41 Å². The fourth-order valence-electron chi connectivity index (χ4n) is 2.04. The maximum Gasteiger partial charge on any atom is 0.306 e. The molecular weight excluding hydrogens is 272 g/mol. The van der Waals surface area contributed by atoms with Crippen molar-refractivity contribution in [3.63, 3.8) is 0 Å². The van der Waals surface area contributed by atoms with E-state index >= 15 is 0 Å². The lowest BCUT2D eigenvalue weighted by Crippen LogP contribution is -2.14. The van der Waals surface area contributed by atoms with E-state index in [2.05, 4.69) is 29.4 Å². The Bertz CT molecular complexity index is 457. The average molecular weight is 294 g/mol. The van der Waals surface area contributed by atoms with Crippen molar-refractivity contribution in [2.45, 2.75) is 37.1 Å². The number of aromatic nitrogens is 1. The summed E-state index contributed by atoms with van der Waals surface area (Å²) in [7, 11) is 3.38. The second-order valence-electron chi connectivity index (χ2n) is 5.47. The second-order valence-corrected chi connectivity index (χ2v) is 6.52. The first-order valence-electron chi connectivity index (χ1n) is 6.91. The number of hydrogen-bond acceptors (Lipinski definition) is 5. The van der Waals surface area contributed by atoms with Crippen molar-refractivity contribution < 1.29 is 9.53 Å². The third-order valence-corrected chi connectivity index (χ3v) is 5.22. The van der Waals surface area contributed by atoms with Gasteiger partial charge in [-0.15, -0.1) is 11.8 Å². The molecule has 1 aromatic heterocycles. The Morgan fingerprint density at radius 2 is 2.30 bits per heavy atom. The third-order valence-electron chi connectivity index (χ3n) is 3.89. The molecule has 2 rings (SSSR count). The van der Waals surface area contributed by atoms with E-state index in [0.717, 1.165) is 29.2 Å². The van der Waals surface area contributed by atoms with Gasteiger partial charge in [0.25, 0.3) is 0 Å². The highest BCUT2D eigenvalue weighted by molar-refractivity contribution is 7.99. The molecule has 4 nitrogen and oxygen atoms in total. The predicted molar refractivity (Wildman–Crippen MR) is 80.7 cm³/mol. The molecule has 1 N–H and O–H groups in total. The highest BCUT2D eigenvalue weighted by Crippen LogP contribution is 2.52. The van der Waals surface area contributed by atoms with Crippen molar-refractivity contribution in [3.8, 4) is 0 Å². The number of rotatable bonds is 7. The van der Waals surface area contributed by atoms with Gasteiger partial charge in [-0.1, -0.05) is 0 Å². The van der Waals surface area contributed by atoms with Gasteiger partial charge < -0.3 is 10.1 Å². The molecule has 1 aromatic rings. The van der Waals surface area contributed by atoms with Crippen molar-refractivity contribution in [1.29, 1.82) is 0 Å². The number of carbonyl (C=O) groups is 1. The summed E-state index contributed by atoms with van der Waals surface area (Å²) in [5.74, 6) is 0.865. The van der Waals surface area contributed by atoms with Gasteiger partial charge in [-0.05, 0) is 44.4 Å². The van der Waals surface area contributed by atoms with Crippen LogP contribution in [0.1, 0.15) is 37.9 Å². The summed E-state index contributed by atoms with van der Waals surface area (Å²) in [4.78, 5) is 17.0. The molecule has 0 aromatic carbocycles. The normalized spacial score (nSPS) is 17.6. The Morgan fingerprint density at radius 3 is 2.80 bits per heavy atom. The molecule has 1 aliphatic rings. The van der Waals surface area contributed by atoms with Crippen molar-refractivity contribution in [3.05, 3.63) is 24.0 Å². The molecule has 0 spiro atoms. The van der Waals surface area contributed by atoms with E-state index in [4.69, 9.17) is 4.74 Å². The average Bonchev–Trinajstić information content (AvgIpc) is 3.24. The summed E-state index contributed by atoms with van der Waals surface area (Å²) >= 11 is 1.78. The lowest BCUT2D eigenvalue weighted by Gasteiger charge is -2.13. The molecule has 1 aliphatic carbocycles. The quantitative estimate of drug-likeness (QED) is 0.619. The monoisotopic (exact) mass is 294 g/mol. The molecule has 1 fully saturated rings. The maximum absolute atomic E-state index is 11.4. The molecule has 0 saturated heterocycles. The molecule has 1 unspecified atom stereocenters. The Hall–Kier alpha value is -1.07. The summed E-state index contributed by atoms with van der Waals surface area (Å²) < 4.78 is 4.77. The van der Waals surface area contributed by atoms with E-state index in [1.807, 2.05) is 13.2 Å². The number of methoxy groups -OCH3 is 1. The number of carbonyl (C=O) groups excluding carboxylic acids is 1. The number of ether oxygens (including phenoxy) is 1. The SMILES string of the molecule is CNC(C)c1ccc(SCC2(CC(=O)OC)CC2)cn1. The summed E-state index contributed by atoms with van der Waals surface area (Å²) in [6.07, 6.45) is 4.70. The van der Waals surface area contributed by atoms with Gasteiger partial charge >= 0.3 is 5.97 Å². The first-order valence-corrected chi connectivity index (χ1v) is 7.90. The first kappa shape index (κ1) is 15.3. The Morgan fingerprint density at radius 1 is 1.55 bits per heavy atom. The van der Waals surface area contributed by atoms with Crippen molar-refractivity contribution in [2.75, 3.05) is 19.9 Å². The molecule has 1 heterocycles. The Kier molecular flexibility index (Phi) is 5.05. The van der Waals surface area contributed by atoms with Crippen LogP contribution in [0.3, 0.4) is 0 Å². The van der Waals surface area contributed by atoms with Crippen LogP contribution in [0.2, 0.25) is 0 Å². The van der Waals surface area contributed by atoms with Crippen LogP contribution in [0.15, 0.2) is 23.2 Å². The van der Waals surface area contributed by atoms with Crippen LogP contribution in [0.25, 0.3) is 0 Å². The highest BCUT2D eigenvalue weighted by Gasteiger charge is 2.44. The number of esters is 1. The van der Waals surface area contributed by atoms with E-state index in [-0.39, 0.29) is 17.4 Å². The van der Waals surface area contributed by atoms with E-state index < -0.39 is 0 Å². The second kappa shape index (κ2) is 6.59. The minimum atomic E-state index is -0.0978. The van der Waals surface area contributed by atoms with Gasteiger partial charge in [-0.3, -0.25) is 9.78 Å². The first-order chi connectivity index (χ1) is 9.58. The molecule has 0 bridgehead atoms. The summed E-state index contributed by atoms with van der Waals surface area (Å²) in [5.41, 5.74) is 1.21. The fourth-order valence-corrected chi connectivity index (χ4v) is 3.20. The molecule has 20 heavy (non-hydrogen) atoms. The number of nitrogens with zero attached hydrogens (tertiary/aromatic N) is 1. The van der Waals surface area contributed by atoms with Crippen LogP contribution < -0.4 is 5.32 Å². The number of thioether (sulfide) groups is 1. The number of nitrogens with one attached hydrogen (secondary N) is 1. The fraction of sp³-hybridized carbons (Fsp3) is 0.600. The third kappa shape index (κ3) is 3.96. The van der Waals surface area contributed by atoms with Crippen molar-refractivity contribution >= 4 is 17.7 Å². The van der Waals surface area contributed by atoms with Gasteiger partial charge in [0.2, 0.25) is 0 Å². The lowest BCUT2D eigenvalue weighted by atomic mass is 10.1. The molecule has 5 heteroatoms. The van der Waals surface area contributed by atoms with Crippen LogP contribution in [0.4, 0.5) is 0 Å². The topological polar surface area (TPSA) is 51.2 Å². The van der Waals surface area contributed by atoms with Gasteiger partial charge in [0.15, 0.2) is 0 Å². The van der Waals surface area contributed by atoms with E-state index in [1.54, 1.807) is 11.8 Å². The number of hydrogen-bond donors (Lipinski definition) is 1. The van der Waals surface area contributed by atoms with Gasteiger partial charge in [-0.2, -0.15) is 0 Å². The maximum atomic E-state index is 11.4. The van der Waals surface area contributed by atoms with E-state index in [9.17, 15) is 4.79 Å². The van der Waals surface area contributed by atoms with Crippen LogP contribution in [0.5, 0.6) is 0 Å². The zero-order valence-electron chi connectivity index (χ0n) is 12.3. The molecule has 1 saturated carbocycles. The largest absolute Gasteiger partial charge is 0.469 e. The highest BCUT2D eigenvalue weighted by atomic mass is 32.2. The van der Waals surface area contributed by atoms with Gasteiger partial charge in [-0.25, -0.2) is 0 Å². The summed E-state index contributed by atoms with van der Waals surface area (Å²) in [6.45, 7) is 2.09. The van der Waals surface area contributed by atoms with Gasteiger partial charge in [0.05, 0.1) is 19.2 Å². The molecule has 0 aliphatic heterocycles. The molecule has 0 amide bonds. The van der Waals surface area contributed by atoms with Crippen molar-refractivity contribution in [2.24, 2.45) is 5.41 Å². The minimum Gasteiger partial charge on any atom is -0.469 e. The Labute approximate surface area is 124 Å². The lowest BCUT2D eigenvalue weighted by molar-refractivity contribution is -0.141. The molecule has 1 atom stereocenters. The van der Waals surface area contributed by atoms with Gasteiger partial charge in [0.1, 0.15) is 0 Å². The molecule has 0 radical (unpaired) electrons. The van der Waals surface area contributed by atoms with E-state index in [0.29, 0.717) is 6.42 Å².